The summed E-state index contributed by atoms with van der Waals surface area (Å²) >= 11 is 5.69. The summed E-state index contributed by atoms with van der Waals surface area (Å²) in [7, 11) is 0. The second-order valence-electron chi connectivity index (χ2n) is 4.86. The Kier molecular flexibility index (Phi) is 4.28. The van der Waals surface area contributed by atoms with Gasteiger partial charge in [0.05, 0.1) is 17.1 Å². The van der Waals surface area contributed by atoms with Gasteiger partial charge in [0.1, 0.15) is 6.04 Å². The van der Waals surface area contributed by atoms with Crippen LogP contribution in [-0.2, 0) is 9.59 Å². The van der Waals surface area contributed by atoms with Crippen LogP contribution >= 0.6 is 11.6 Å². The summed E-state index contributed by atoms with van der Waals surface area (Å²) in [5.41, 5.74) is 0.134. The van der Waals surface area contributed by atoms with E-state index >= 15 is 0 Å². The monoisotopic (exact) mass is 298 g/mol. The van der Waals surface area contributed by atoms with Crippen molar-refractivity contribution in [2.45, 2.75) is 38.8 Å². The highest BCUT2D eigenvalue weighted by Crippen LogP contribution is 2.26. The van der Waals surface area contributed by atoms with Gasteiger partial charge in [-0.3, -0.25) is 14.5 Å². The summed E-state index contributed by atoms with van der Waals surface area (Å²) in [4.78, 5) is 25.3. The fourth-order valence-corrected chi connectivity index (χ4v) is 2.39. The van der Waals surface area contributed by atoms with Crippen LogP contribution in [0.15, 0.2) is 18.2 Å². The van der Waals surface area contributed by atoms with E-state index in [4.69, 9.17) is 11.6 Å². The van der Waals surface area contributed by atoms with E-state index in [1.165, 1.54) is 17.0 Å². The number of amides is 2. The summed E-state index contributed by atoms with van der Waals surface area (Å²) in [6.45, 7) is 3.72. The molecule has 0 spiro atoms. The van der Waals surface area contributed by atoms with Crippen molar-refractivity contribution < 1.29 is 14.0 Å². The Balaban J connectivity index is 2.17. The lowest BCUT2D eigenvalue weighted by atomic mass is 10.2. The van der Waals surface area contributed by atoms with Crippen molar-refractivity contribution in [3.05, 3.63) is 29.0 Å². The molecule has 0 aliphatic carbocycles. The van der Waals surface area contributed by atoms with E-state index in [1.807, 2.05) is 13.8 Å². The average molecular weight is 299 g/mol. The molecule has 0 saturated carbocycles. The van der Waals surface area contributed by atoms with E-state index in [0.717, 1.165) is 0 Å². The van der Waals surface area contributed by atoms with E-state index in [1.54, 1.807) is 6.07 Å². The normalized spacial score (nSPS) is 20.4. The Morgan fingerprint density at radius 3 is 2.85 bits per heavy atom. The molecule has 1 saturated heterocycles. The SMILES string of the molecule is CCC(C)N1C(=O)CC(Nc2cccc(Cl)c2F)C1=O. The van der Waals surface area contributed by atoms with Crippen molar-refractivity contribution in [2.75, 3.05) is 5.32 Å². The zero-order valence-corrected chi connectivity index (χ0v) is 12.1. The van der Waals surface area contributed by atoms with Crippen LogP contribution in [0, 0.1) is 5.82 Å². The zero-order valence-electron chi connectivity index (χ0n) is 11.3. The molecular weight excluding hydrogens is 283 g/mol. The topological polar surface area (TPSA) is 49.4 Å². The first-order chi connectivity index (χ1) is 9.45. The molecule has 2 rings (SSSR count). The molecule has 20 heavy (non-hydrogen) atoms. The molecule has 1 aliphatic rings. The lowest BCUT2D eigenvalue weighted by molar-refractivity contribution is -0.140. The van der Waals surface area contributed by atoms with Crippen molar-refractivity contribution >= 4 is 29.1 Å². The van der Waals surface area contributed by atoms with Crippen LogP contribution in [0.2, 0.25) is 5.02 Å². The van der Waals surface area contributed by atoms with Gasteiger partial charge in [-0.15, -0.1) is 0 Å². The van der Waals surface area contributed by atoms with Gasteiger partial charge >= 0.3 is 0 Å². The Morgan fingerprint density at radius 1 is 1.50 bits per heavy atom. The van der Waals surface area contributed by atoms with Gasteiger partial charge in [0, 0.05) is 6.04 Å². The van der Waals surface area contributed by atoms with Crippen LogP contribution in [0.4, 0.5) is 10.1 Å². The molecule has 1 aliphatic heterocycles. The second-order valence-corrected chi connectivity index (χ2v) is 5.27. The molecule has 2 unspecified atom stereocenters. The van der Waals surface area contributed by atoms with Crippen molar-refractivity contribution in [2.24, 2.45) is 0 Å². The Hall–Kier alpha value is -1.62. The molecule has 4 nitrogen and oxygen atoms in total. The minimum absolute atomic E-state index is 0.0226. The Bertz CT molecular complexity index is 550. The maximum absolute atomic E-state index is 13.8. The molecule has 0 radical (unpaired) electrons. The molecule has 2 amide bonds. The molecule has 6 heteroatoms. The largest absolute Gasteiger partial charge is 0.371 e. The summed E-state index contributed by atoms with van der Waals surface area (Å²) < 4.78 is 13.8. The smallest absolute Gasteiger partial charge is 0.252 e. The molecule has 0 bridgehead atoms. The third-order valence-corrected chi connectivity index (χ3v) is 3.79. The van der Waals surface area contributed by atoms with E-state index in [9.17, 15) is 14.0 Å². The molecule has 0 aromatic heterocycles. The van der Waals surface area contributed by atoms with E-state index < -0.39 is 11.9 Å². The number of likely N-dealkylation sites (tertiary alicyclic amines) is 1. The number of hydrogen-bond acceptors (Lipinski definition) is 3. The molecule has 1 fully saturated rings. The van der Waals surface area contributed by atoms with Gasteiger partial charge in [-0.25, -0.2) is 4.39 Å². The van der Waals surface area contributed by atoms with Crippen LogP contribution in [0.3, 0.4) is 0 Å². The third kappa shape index (κ3) is 2.63. The maximum atomic E-state index is 13.8. The lowest BCUT2D eigenvalue weighted by Gasteiger charge is -2.22. The number of carbonyl (C=O) groups excluding carboxylic acids is 2. The number of halogens is 2. The fraction of sp³-hybridized carbons (Fsp3) is 0.429. The minimum atomic E-state index is -0.732. The van der Waals surface area contributed by atoms with Gasteiger partial charge in [0.2, 0.25) is 5.91 Å². The van der Waals surface area contributed by atoms with Gasteiger partial charge in [-0.05, 0) is 25.5 Å². The van der Waals surface area contributed by atoms with Gasteiger partial charge in [0.25, 0.3) is 5.91 Å². The van der Waals surface area contributed by atoms with Gasteiger partial charge in [0.15, 0.2) is 5.82 Å². The fourth-order valence-electron chi connectivity index (χ4n) is 2.21. The summed E-state index contributed by atoms with van der Waals surface area (Å²) in [6.07, 6.45) is 0.727. The predicted octanol–water partition coefficient (Wildman–Crippen LogP) is 2.82. The number of anilines is 1. The van der Waals surface area contributed by atoms with Crippen LogP contribution < -0.4 is 5.32 Å². The lowest BCUT2D eigenvalue weighted by Crippen LogP contribution is -2.40. The van der Waals surface area contributed by atoms with Crippen LogP contribution in [0.25, 0.3) is 0 Å². The van der Waals surface area contributed by atoms with Gasteiger partial charge < -0.3 is 5.32 Å². The van der Waals surface area contributed by atoms with Crippen molar-refractivity contribution in [1.29, 1.82) is 0 Å². The molecule has 2 atom stereocenters. The Labute approximate surface area is 121 Å². The predicted molar refractivity (Wildman–Crippen MR) is 75.0 cm³/mol. The standard InChI is InChI=1S/C14H16ClFN2O2/c1-3-8(2)18-12(19)7-11(14(18)20)17-10-6-4-5-9(15)13(10)16/h4-6,8,11,17H,3,7H2,1-2H3. The number of hydrogen-bond donors (Lipinski definition) is 1. The zero-order chi connectivity index (χ0) is 14.9. The minimum Gasteiger partial charge on any atom is -0.371 e. The quantitative estimate of drug-likeness (QED) is 0.870. The number of nitrogens with one attached hydrogen (secondary N) is 1. The van der Waals surface area contributed by atoms with Crippen molar-refractivity contribution in [3.8, 4) is 0 Å². The first-order valence-electron chi connectivity index (χ1n) is 6.52. The average Bonchev–Trinajstić information content (AvgIpc) is 2.69. The number of nitrogens with zero attached hydrogens (tertiary/aromatic N) is 1. The van der Waals surface area contributed by atoms with Crippen LogP contribution in [0.1, 0.15) is 26.7 Å². The van der Waals surface area contributed by atoms with E-state index in [-0.39, 0.29) is 35.0 Å². The first kappa shape index (κ1) is 14.8. The highest BCUT2D eigenvalue weighted by molar-refractivity contribution is 6.31. The third-order valence-electron chi connectivity index (χ3n) is 3.50. The van der Waals surface area contributed by atoms with Gasteiger partial charge in [-0.1, -0.05) is 24.6 Å². The molecule has 1 N–H and O–H groups in total. The molecule has 108 valence electrons. The van der Waals surface area contributed by atoms with Crippen LogP contribution in [-0.4, -0.2) is 28.8 Å². The molecule has 1 heterocycles. The molecular formula is C14H16ClFN2O2. The van der Waals surface area contributed by atoms with Gasteiger partial charge in [-0.2, -0.15) is 0 Å². The number of imide groups is 1. The second kappa shape index (κ2) is 5.79. The highest BCUT2D eigenvalue weighted by Gasteiger charge is 2.40. The van der Waals surface area contributed by atoms with Crippen molar-refractivity contribution in [1.82, 2.24) is 4.90 Å². The van der Waals surface area contributed by atoms with E-state index in [0.29, 0.717) is 6.42 Å². The summed E-state index contributed by atoms with van der Waals surface area (Å²) in [6, 6.07) is 3.62. The number of carbonyl (C=O) groups is 2. The van der Waals surface area contributed by atoms with E-state index in [2.05, 4.69) is 5.32 Å². The number of rotatable bonds is 4. The molecule has 1 aromatic carbocycles. The summed E-state index contributed by atoms with van der Waals surface area (Å²) in [5, 5.41) is 2.74. The first-order valence-corrected chi connectivity index (χ1v) is 6.90. The maximum Gasteiger partial charge on any atom is 0.252 e. The van der Waals surface area contributed by atoms with Crippen LogP contribution in [0.5, 0.6) is 0 Å². The Morgan fingerprint density at radius 2 is 2.20 bits per heavy atom. The summed E-state index contributed by atoms with van der Waals surface area (Å²) in [5.74, 6) is -1.16. The molecule has 1 aromatic rings. The highest BCUT2D eigenvalue weighted by atomic mass is 35.5. The number of benzene rings is 1. The van der Waals surface area contributed by atoms with Crippen molar-refractivity contribution in [3.63, 3.8) is 0 Å².